The predicted molar refractivity (Wildman–Crippen MR) is 84.3 cm³/mol. The van der Waals surface area contributed by atoms with Crippen molar-refractivity contribution in [3.05, 3.63) is 23.7 Å². The van der Waals surface area contributed by atoms with Gasteiger partial charge in [0.2, 0.25) is 0 Å². The molecule has 5 nitrogen and oxygen atoms in total. The predicted octanol–water partition coefficient (Wildman–Crippen LogP) is 2.26. The van der Waals surface area contributed by atoms with Crippen molar-refractivity contribution < 1.29 is 13.9 Å². The lowest BCUT2D eigenvalue weighted by Gasteiger charge is -2.27. The molecule has 0 amide bonds. The Kier molecular flexibility index (Phi) is 8.61. The van der Waals surface area contributed by atoms with E-state index in [9.17, 15) is 0 Å². The fourth-order valence-electron chi connectivity index (χ4n) is 2.13. The molecule has 1 rings (SSSR count). The van der Waals surface area contributed by atoms with Crippen LogP contribution in [0.5, 0.6) is 0 Å². The number of hydrogen-bond acceptors (Lipinski definition) is 5. The molecule has 1 N–H and O–H groups in total. The number of furan rings is 1. The first-order valence-corrected chi connectivity index (χ1v) is 7.58. The van der Waals surface area contributed by atoms with Gasteiger partial charge in [-0.15, -0.1) is 0 Å². The van der Waals surface area contributed by atoms with Crippen LogP contribution in [0.3, 0.4) is 0 Å². The summed E-state index contributed by atoms with van der Waals surface area (Å²) in [7, 11) is 3.45. The molecule has 0 aliphatic carbocycles. The van der Waals surface area contributed by atoms with Gasteiger partial charge in [0.15, 0.2) is 0 Å². The summed E-state index contributed by atoms with van der Waals surface area (Å²) >= 11 is 0. The molecule has 1 unspecified atom stereocenters. The van der Waals surface area contributed by atoms with Crippen molar-refractivity contribution >= 4 is 0 Å². The van der Waals surface area contributed by atoms with Crippen molar-refractivity contribution in [2.24, 2.45) is 0 Å². The van der Waals surface area contributed by atoms with Crippen LogP contribution in [0.4, 0.5) is 0 Å². The highest BCUT2D eigenvalue weighted by molar-refractivity contribution is 5.12. The standard InChI is InChI=1S/C16H30N2O3/c1-13(2)17-9-15-8-16(21-12-15)10-18(6-7-19-4)14(3)11-20-5/h8,12-14,17H,6-7,9-11H2,1-5H3. The summed E-state index contributed by atoms with van der Waals surface area (Å²) in [6, 6.07) is 2.92. The zero-order valence-corrected chi connectivity index (χ0v) is 14.0. The molecule has 0 saturated carbocycles. The fraction of sp³-hybridized carbons (Fsp3) is 0.750. The van der Waals surface area contributed by atoms with Crippen LogP contribution >= 0.6 is 0 Å². The summed E-state index contributed by atoms with van der Waals surface area (Å²) in [5, 5.41) is 3.39. The van der Waals surface area contributed by atoms with Crippen molar-refractivity contribution in [1.82, 2.24) is 10.2 Å². The molecule has 122 valence electrons. The average Bonchev–Trinajstić information content (AvgIpc) is 2.89. The molecule has 0 aliphatic rings. The highest BCUT2D eigenvalue weighted by Crippen LogP contribution is 2.13. The Morgan fingerprint density at radius 2 is 2.00 bits per heavy atom. The van der Waals surface area contributed by atoms with E-state index in [0.29, 0.717) is 25.3 Å². The minimum absolute atomic E-state index is 0.326. The smallest absolute Gasteiger partial charge is 0.118 e. The third kappa shape index (κ3) is 7.09. The second-order valence-corrected chi connectivity index (χ2v) is 5.72. The molecule has 1 aromatic heterocycles. The molecule has 0 bridgehead atoms. The summed E-state index contributed by atoms with van der Waals surface area (Å²) < 4.78 is 16.1. The van der Waals surface area contributed by atoms with E-state index in [1.165, 1.54) is 5.56 Å². The molecule has 21 heavy (non-hydrogen) atoms. The molecular formula is C16H30N2O3. The van der Waals surface area contributed by atoms with E-state index in [4.69, 9.17) is 13.9 Å². The molecule has 5 heteroatoms. The number of rotatable bonds is 11. The molecular weight excluding hydrogens is 268 g/mol. The fourth-order valence-corrected chi connectivity index (χ4v) is 2.13. The van der Waals surface area contributed by atoms with Gasteiger partial charge in [-0.1, -0.05) is 13.8 Å². The van der Waals surface area contributed by atoms with Gasteiger partial charge >= 0.3 is 0 Å². The first kappa shape index (κ1) is 18.2. The second-order valence-electron chi connectivity index (χ2n) is 5.72. The van der Waals surface area contributed by atoms with E-state index >= 15 is 0 Å². The molecule has 0 radical (unpaired) electrons. The lowest BCUT2D eigenvalue weighted by atomic mass is 10.2. The van der Waals surface area contributed by atoms with Gasteiger partial charge in [0, 0.05) is 45.0 Å². The molecule has 1 aromatic rings. The van der Waals surface area contributed by atoms with Gasteiger partial charge in [-0.25, -0.2) is 0 Å². The van der Waals surface area contributed by atoms with Crippen LogP contribution in [0.25, 0.3) is 0 Å². The van der Waals surface area contributed by atoms with Crippen LogP contribution in [0.1, 0.15) is 32.1 Å². The normalized spacial score (nSPS) is 13.3. The van der Waals surface area contributed by atoms with E-state index in [2.05, 4.69) is 37.1 Å². The number of nitrogens with zero attached hydrogens (tertiary/aromatic N) is 1. The minimum Gasteiger partial charge on any atom is -0.468 e. The van der Waals surface area contributed by atoms with Gasteiger partial charge in [0.05, 0.1) is 26.0 Å². The lowest BCUT2D eigenvalue weighted by Crippen LogP contribution is -2.37. The van der Waals surface area contributed by atoms with Gasteiger partial charge in [-0.3, -0.25) is 4.90 Å². The molecule has 0 saturated heterocycles. The maximum atomic E-state index is 5.67. The van der Waals surface area contributed by atoms with Gasteiger partial charge in [0.25, 0.3) is 0 Å². The van der Waals surface area contributed by atoms with Gasteiger partial charge in [0.1, 0.15) is 5.76 Å². The van der Waals surface area contributed by atoms with Crippen LogP contribution in [0, 0.1) is 0 Å². The highest BCUT2D eigenvalue weighted by atomic mass is 16.5. The van der Waals surface area contributed by atoms with Gasteiger partial charge in [-0.2, -0.15) is 0 Å². The summed E-state index contributed by atoms with van der Waals surface area (Å²) in [6.45, 7) is 10.3. The maximum Gasteiger partial charge on any atom is 0.118 e. The maximum absolute atomic E-state index is 5.67. The van der Waals surface area contributed by atoms with Crippen LogP contribution in [0.15, 0.2) is 16.7 Å². The van der Waals surface area contributed by atoms with Crippen LogP contribution in [0.2, 0.25) is 0 Å². The Morgan fingerprint density at radius 1 is 1.24 bits per heavy atom. The van der Waals surface area contributed by atoms with E-state index < -0.39 is 0 Å². The molecule has 1 heterocycles. The third-order valence-electron chi connectivity index (χ3n) is 3.40. The number of hydrogen-bond donors (Lipinski definition) is 1. The summed E-state index contributed by atoms with van der Waals surface area (Å²) in [5.41, 5.74) is 1.18. The Hall–Kier alpha value is -0.880. The van der Waals surface area contributed by atoms with Crippen molar-refractivity contribution in [2.45, 2.75) is 45.9 Å². The largest absolute Gasteiger partial charge is 0.468 e. The van der Waals surface area contributed by atoms with Crippen molar-refractivity contribution in [3.8, 4) is 0 Å². The third-order valence-corrected chi connectivity index (χ3v) is 3.40. The van der Waals surface area contributed by atoms with Crippen LogP contribution in [-0.2, 0) is 22.6 Å². The van der Waals surface area contributed by atoms with Crippen molar-refractivity contribution in [2.75, 3.05) is 34.0 Å². The van der Waals surface area contributed by atoms with E-state index in [-0.39, 0.29) is 0 Å². The first-order chi connectivity index (χ1) is 10.1. The Morgan fingerprint density at radius 3 is 2.62 bits per heavy atom. The van der Waals surface area contributed by atoms with Gasteiger partial charge in [-0.05, 0) is 13.0 Å². The van der Waals surface area contributed by atoms with Crippen LogP contribution < -0.4 is 5.32 Å². The molecule has 0 aliphatic heterocycles. The summed E-state index contributed by atoms with van der Waals surface area (Å²) in [6.07, 6.45) is 1.83. The Labute approximate surface area is 128 Å². The van der Waals surface area contributed by atoms with E-state index in [0.717, 1.165) is 25.4 Å². The molecule has 0 aromatic carbocycles. The SMILES string of the molecule is COCCN(Cc1cc(CNC(C)C)co1)C(C)COC. The van der Waals surface area contributed by atoms with E-state index in [1.807, 2.05) is 6.26 Å². The van der Waals surface area contributed by atoms with Crippen molar-refractivity contribution in [3.63, 3.8) is 0 Å². The van der Waals surface area contributed by atoms with E-state index in [1.54, 1.807) is 14.2 Å². The molecule has 1 atom stereocenters. The monoisotopic (exact) mass is 298 g/mol. The quantitative estimate of drug-likeness (QED) is 0.679. The van der Waals surface area contributed by atoms with Crippen molar-refractivity contribution in [1.29, 1.82) is 0 Å². The van der Waals surface area contributed by atoms with Gasteiger partial charge < -0.3 is 19.2 Å². The molecule has 0 spiro atoms. The average molecular weight is 298 g/mol. The number of nitrogens with one attached hydrogen (secondary N) is 1. The van der Waals surface area contributed by atoms with Crippen LogP contribution in [-0.4, -0.2) is 51.0 Å². The Bertz CT molecular complexity index is 379. The zero-order valence-electron chi connectivity index (χ0n) is 14.0. The highest BCUT2D eigenvalue weighted by Gasteiger charge is 2.16. The number of methoxy groups -OCH3 is 2. The number of ether oxygens (including phenoxy) is 2. The lowest BCUT2D eigenvalue weighted by molar-refractivity contribution is 0.0664. The zero-order chi connectivity index (χ0) is 15.7. The first-order valence-electron chi connectivity index (χ1n) is 7.58. The topological polar surface area (TPSA) is 46.9 Å². The molecule has 0 fully saturated rings. The second kappa shape index (κ2) is 9.95. The summed E-state index contributed by atoms with van der Waals surface area (Å²) in [4.78, 5) is 2.31. The minimum atomic E-state index is 0.326. The summed E-state index contributed by atoms with van der Waals surface area (Å²) in [5.74, 6) is 0.981. The Balaban J connectivity index is 2.56.